The van der Waals surface area contributed by atoms with Gasteiger partial charge in [-0.3, -0.25) is 0 Å². The van der Waals surface area contributed by atoms with E-state index >= 15 is 0 Å². The van der Waals surface area contributed by atoms with E-state index in [-0.39, 0.29) is 11.4 Å². The third-order valence-electron chi connectivity index (χ3n) is 5.24. The summed E-state index contributed by atoms with van der Waals surface area (Å²) in [5, 5.41) is 6.31. The fourth-order valence-corrected chi connectivity index (χ4v) is 3.77. The molecule has 128 valence electrons. The van der Waals surface area contributed by atoms with E-state index in [2.05, 4.69) is 47.8 Å². The molecule has 0 amide bonds. The maximum absolute atomic E-state index is 13.4. The lowest BCUT2D eigenvalue weighted by atomic mass is 9.82. The first-order valence-corrected chi connectivity index (χ1v) is 8.82. The summed E-state index contributed by atoms with van der Waals surface area (Å²) in [6, 6.07) is 21.8. The van der Waals surface area contributed by atoms with Crippen LogP contribution in [0.25, 0.3) is 10.8 Å². The van der Waals surface area contributed by atoms with Gasteiger partial charge in [0.25, 0.3) is 0 Å². The molecule has 3 aromatic rings. The molecule has 0 aliphatic carbocycles. The minimum absolute atomic E-state index is 0.164. The molecule has 0 aromatic heterocycles. The van der Waals surface area contributed by atoms with Crippen molar-refractivity contribution in [1.29, 1.82) is 0 Å². The van der Waals surface area contributed by atoms with Gasteiger partial charge in [-0.1, -0.05) is 54.6 Å². The van der Waals surface area contributed by atoms with Crippen LogP contribution < -0.4 is 5.32 Å². The average Bonchev–Trinajstić information content (AvgIpc) is 2.67. The molecule has 0 atom stereocenters. The topological polar surface area (TPSA) is 21.3 Å². The molecule has 3 heteroatoms. The second-order valence-electron chi connectivity index (χ2n) is 6.69. The van der Waals surface area contributed by atoms with Gasteiger partial charge in [0, 0.05) is 25.3 Å². The van der Waals surface area contributed by atoms with Crippen molar-refractivity contribution in [2.45, 2.75) is 24.9 Å². The predicted molar refractivity (Wildman–Crippen MR) is 98.9 cm³/mol. The fraction of sp³-hybridized carbons (Fsp3) is 0.273. The Kier molecular flexibility index (Phi) is 4.51. The van der Waals surface area contributed by atoms with E-state index in [1.165, 1.54) is 16.3 Å². The van der Waals surface area contributed by atoms with Crippen molar-refractivity contribution in [1.82, 2.24) is 5.32 Å². The van der Waals surface area contributed by atoms with Crippen LogP contribution in [-0.2, 0) is 16.8 Å². The molecule has 0 bridgehead atoms. The first-order chi connectivity index (χ1) is 12.3. The van der Waals surface area contributed by atoms with Gasteiger partial charge in [0.15, 0.2) is 0 Å². The van der Waals surface area contributed by atoms with Crippen LogP contribution in [0, 0.1) is 5.82 Å². The zero-order valence-electron chi connectivity index (χ0n) is 14.2. The van der Waals surface area contributed by atoms with Crippen LogP contribution >= 0.6 is 0 Å². The molecule has 1 N–H and O–H groups in total. The van der Waals surface area contributed by atoms with Gasteiger partial charge in [-0.25, -0.2) is 4.39 Å². The summed E-state index contributed by atoms with van der Waals surface area (Å²) in [4.78, 5) is 0. The Labute approximate surface area is 147 Å². The van der Waals surface area contributed by atoms with Crippen LogP contribution in [0.15, 0.2) is 66.7 Å². The van der Waals surface area contributed by atoms with Crippen LogP contribution in [0.2, 0.25) is 0 Å². The molecule has 1 aliphatic rings. The summed E-state index contributed by atoms with van der Waals surface area (Å²) in [5.74, 6) is -0.194. The van der Waals surface area contributed by atoms with E-state index in [1.54, 1.807) is 12.1 Å². The fourth-order valence-electron chi connectivity index (χ4n) is 3.77. The summed E-state index contributed by atoms with van der Waals surface area (Å²) in [7, 11) is 0. The smallest absolute Gasteiger partial charge is 0.123 e. The normalized spacial score (nSPS) is 16.8. The van der Waals surface area contributed by atoms with Gasteiger partial charge in [-0.15, -0.1) is 0 Å². The van der Waals surface area contributed by atoms with Crippen molar-refractivity contribution in [3.8, 4) is 0 Å². The highest BCUT2D eigenvalue weighted by Crippen LogP contribution is 2.33. The number of benzene rings is 3. The van der Waals surface area contributed by atoms with E-state index in [9.17, 15) is 4.39 Å². The number of nitrogens with one attached hydrogen (secondary N) is 1. The third-order valence-corrected chi connectivity index (χ3v) is 5.24. The minimum atomic E-state index is -0.194. The van der Waals surface area contributed by atoms with Crippen molar-refractivity contribution in [3.63, 3.8) is 0 Å². The predicted octanol–water partition coefficient (Wildman–Crippen LogP) is 4.77. The van der Waals surface area contributed by atoms with Gasteiger partial charge < -0.3 is 10.1 Å². The van der Waals surface area contributed by atoms with Crippen molar-refractivity contribution in [2.24, 2.45) is 0 Å². The number of hydrogen-bond acceptors (Lipinski definition) is 2. The standard InChI is InChI=1S/C22H22FNO/c23-20-10-8-19(9-11-20)22(12-14-25-15-13-22)24-16-18-6-3-5-17-4-1-2-7-21(17)18/h1-11,24H,12-16H2. The zero-order valence-corrected chi connectivity index (χ0v) is 14.2. The Hall–Kier alpha value is -2.23. The van der Waals surface area contributed by atoms with Crippen LogP contribution in [0.5, 0.6) is 0 Å². The summed E-state index contributed by atoms with van der Waals surface area (Å²) in [5.41, 5.74) is 2.26. The van der Waals surface area contributed by atoms with Crippen LogP contribution in [0.1, 0.15) is 24.0 Å². The summed E-state index contributed by atoms with van der Waals surface area (Å²) in [6.07, 6.45) is 1.78. The Bertz CT molecular complexity index is 848. The second-order valence-corrected chi connectivity index (χ2v) is 6.69. The van der Waals surface area contributed by atoms with E-state index in [0.29, 0.717) is 0 Å². The monoisotopic (exact) mass is 335 g/mol. The molecule has 25 heavy (non-hydrogen) atoms. The van der Waals surface area contributed by atoms with Crippen molar-refractivity contribution >= 4 is 10.8 Å². The molecule has 0 unspecified atom stereocenters. The molecule has 0 radical (unpaired) electrons. The first kappa shape index (κ1) is 16.2. The molecule has 1 fully saturated rings. The number of halogens is 1. The first-order valence-electron chi connectivity index (χ1n) is 8.82. The SMILES string of the molecule is Fc1ccc(C2(NCc3cccc4ccccc34)CCOCC2)cc1. The van der Waals surface area contributed by atoms with E-state index < -0.39 is 0 Å². The largest absolute Gasteiger partial charge is 0.381 e. The molecule has 4 rings (SSSR count). The average molecular weight is 335 g/mol. The molecule has 1 saturated heterocycles. The van der Waals surface area contributed by atoms with Crippen LogP contribution in [0.3, 0.4) is 0 Å². The Morgan fingerprint density at radius 2 is 1.60 bits per heavy atom. The van der Waals surface area contributed by atoms with Crippen molar-refractivity contribution in [3.05, 3.63) is 83.7 Å². The summed E-state index contributed by atoms with van der Waals surface area (Å²) in [6.45, 7) is 2.22. The second kappa shape index (κ2) is 6.95. The van der Waals surface area contributed by atoms with Crippen LogP contribution in [0.4, 0.5) is 4.39 Å². The molecular weight excluding hydrogens is 313 g/mol. The highest BCUT2D eigenvalue weighted by Gasteiger charge is 2.34. The molecule has 2 nitrogen and oxygen atoms in total. The maximum Gasteiger partial charge on any atom is 0.123 e. The molecule has 0 saturated carbocycles. The number of ether oxygens (including phenoxy) is 1. The highest BCUT2D eigenvalue weighted by atomic mass is 19.1. The van der Waals surface area contributed by atoms with Gasteiger partial charge in [0.2, 0.25) is 0 Å². The molecule has 1 aliphatic heterocycles. The zero-order chi connectivity index (χ0) is 17.1. The molecule has 1 heterocycles. The summed E-state index contributed by atoms with van der Waals surface area (Å²) >= 11 is 0. The lowest BCUT2D eigenvalue weighted by Gasteiger charge is -2.39. The van der Waals surface area contributed by atoms with Gasteiger partial charge in [-0.2, -0.15) is 0 Å². The third kappa shape index (κ3) is 3.30. The van der Waals surface area contributed by atoms with E-state index in [1.807, 2.05) is 12.1 Å². The van der Waals surface area contributed by atoms with Gasteiger partial charge in [-0.05, 0) is 46.9 Å². The Morgan fingerprint density at radius 1 is 0.880 bits per heavy atom. The lowest BCUT2D eigenvalue weighted by Crippen LogP contribution is -2.46. The lowest BCUT2D eigenvalue weighted by molar-refractivity contribution is 0.0358. The van der Waals surface area contributed by atoms with E-state index in [4.69, 9.17) is 4.74 Å². The Morgan fingerprint density at radius 3 is 2.40 bits per heavy atom. The molecule has 0 spiro atoms. The van der Waals surface area contributed by atoms with Gasteiger partial charge in [0.1, 0.15) is 5.82 Å². The maximum atomic E-state index is 13.4. The van der Waals surface area contributed by atoms with Crippen LogP contribution in [-0.4, -0.2) is 13.2 Å². The number of hydrogen-bond donors (Lipinski definition) is 1. The highest BCUT2D eigenvalue weighted by molar-refractivity contribution is 5.85. The van der Waals surface area contributed by atoms with Gasteiger partial charge in [0.05, 0.1) is 0 Å². The van der Waals surface area contributed by atoms with Crippen molar-refractivity contribution in [2.75, 3.05) is 13.2 Å². The number of rotatable bonds is 4. The van der Waals surface area contributed by atoms with E-state index in [0.717, 1.165) is 38.2 Å². The van der Waals surface area contributed by atoms with Crippen molar-refractivity contribution < 1.29 is 9.13 Å². The number of fused-ring (bicyclic) bond motifs is 1. The Balaban J connectivity index is 1.64. The minimum Gasteiger partial charge on any atom is -0.381 e. The molecule has 3 aromatic carbocycles. The quantitative estimate of drug-likeness (QED) is 0.741. The molecular formula is C22H22FNO. The van der Waals surface area contributed by atoms with Gasteiger partial charge >= 0.3 is 0 Å². The summed E-state index contributed by atoms with van der Waals surface area (Å²) < 4.78 is 18.9.